The van der Waals surface area contributed by atoms with Crippen LogP contribution in [0.2, 0.25) is 0 Å². The van der Waals surface area contributed by atoms with E-state index in [1.165, 1.54) is 6.07 Å². The van der Waals surface area contributed by atoms with Crippen LogP contribution in [0.3, 0.4) is 0 Å². The maximum atomic E-state index is 10.9. The molecular weight excluding hydrogens is 232 g/mol. The minimum absolute atomic E-state index is 0.159. The average Bonchev–Trinajstić information content (AvgIpc) is 2.33. The summed E-state index contributed by atoms with van der Waals surface area (Å²) >= 11 is 0. The predicted molar refractivity (Wildman–Crippen MR) is 69.8 cm³/mol. The second-order valence-electron chi connectivity index (χ2n) is 4.96. The van der Waals surface area contributed by atoms with Crippen molar-refractivity contribution in [1.29, 1.82) is 0 Å². The first kappa shape index (κ1) is 12.8. The molecule has 0 bridgehead atoms. The van der Waals surface area contributed by atoms with Crippen molar-refractivity contribution in [2.24, 2.45) is 5.92 Å². The number of piperidine rings is 1. The van der Waals surface area contributed by atoms with Gasteiger partial charge in [0.05, 0.1) is 16.6 Å². The Balaban J connectivity index is 2.29. The number of anilines is 1. The van der Waals surface area contributed by atoms with Crippen LogP contribution >= 0.6 is 0 Å². The summed E-state index contributed by atoms with van der Waals surface area (Å²) in [5.74, 6) is 0.192. The molecule has 0 aromatic heterocycles. The minimum atomic E-state index is -0.346. The lowest BCUT2D eigenvalue weighted by Crippen LogP contribution is -2.42. The second kappa shape index (κ2) is 4.94. The molecule has 98 valence electrons. The SMILES string of the molecule is Cc1c(N2CCC(O)C(C)C2)cccc1[N+](=O)[O-]. The highest BCUT2D eigenvalue weighted by atomic mass is 16.6. The minimum Gasteiger partial charge on any atom is -0.393 e. The number of hydrogen-bond donors (Lipinski definition) is 1. The molecule has 0 aliphatic carbocycles. The lowest BCUT2D eigenvalue weighted by molar-refractivity contribution is -0.385. The first-order chi connectivity index (χ1) is 8.50. The van der Waals surface area contributed by atoms with E-state index >= 15 is 0 Å². The molecule has 0 spiro atoms. The van der Waals surface area contributed by atoms with Gasteiger partial charge in [-0.15, -0.1) is 0 Å². The molecular formula is C13H18N2O3. The summed E-state index contributed by atoms with van der Waals surface area (Å²) in [6.07, 6.45) is 0.448. The van der Waals surface area contributed by atoms with E-state index in [0.29, 0.717) is 12.0 Å². The highest BCUT2D eigenvalue weighted by Gasteiger charge is 2.26. The second-order valence-corrected chi connectivity index (χ2v) is 4.96. The van der Waals surface area contributed by atoms with Crippen molar-refractivity contribution in [1.82, 2.24) is 0 Å². The third kappa shape index (κ3) is 2.31. The first-order valence-electron chi connectivity index (χ1n) is 6.17. The smallest absolute Gasteiger partial charge is 0.274 e. The number of aliphatic hydroxyl groups is 1. The summed E-state index contributed by atoms with van der Waals surface area (Å²) in [5, 5.41) is 20.6. The van der Waals surface area contributed by atoms with Crippen LogP contribution < -0.4 is 4.90 Å². The Kier molecular flexibility index (Phi) is 3.52. The number of benzene rings is 1. The Hall–Kier alpha value is -1.62. The molecule has 5 heteroatoms. The molecule has 1 fully saturated rings. The molecule has 1 aromatic carbocycles. The molecule has 1 aromatic rings. The summed E-state index contributed by atoms with van der Waals surface area (Å²) in [5.41, 5.74) is 1.76. The monoisotopic (exact) mass is 250 g/mol. The van der Waals surface area contributed by atoms with Gasteiger partial charge in [-0.2, -0.15) is 0 Å². The summed E-state index contributed by atoms with van der Waals surface area (Å²) in [6, 6.07) is 5.16. The molecule has 0 amide bonds. The van der Waals surface area contributed by atoms with Crippen LogP contribution in [0.4, 0.5) is 11.4 Å². The Morgan fingerprint density at radius 2 is 2.22 bits per heavy atom. The third-order valence-corrected chi connectivity index (χ3v) is 3.67. The fourth-order valence-corrected chi connectivity index (χ4v) is 2.50. The number of rotatable bonds is 2. The Bertz CT molecular complexity index is 462. The quantitative estimate of drug-likeness (QED) is 0.645. The van der Waals surface area contributed by atoms with Gasteiger partial charge in [0, 0.05) is 24.8 Å². The zero-order valence-electron chi connectivity index (χ0n) is 10.7. The van der Waals surface area contributed by atoms with Gasteiger partial charge in [-0.3, -0.25) is 10.1 Å². The molecule has 18 heavy (non-hydrogen) atoms. The summed E-state index contributed by atoms with van der Waals surface area (Å²) < 4.78 is 0. The number of nitro groups is 1. The van der Waals surface area contributed by atoms with E-state index in [2.05, 4.69) is 4.90 Å². The number of aliphatic hydroxyl groups excluding tert-OH is 1. The van der Waals surface area contributed by atoms with Crippen LogP contribution in [-0.4, -0.2) is 29.2 Å². The van der Waals surface area contributed by atoms with Gasteiger partial charge in [-0.1, -0.05) is 13.0 Å². The molecule has 0 saturated carbocycles. The van der Waals surface area contributed by atoms with E-state index in [1.807, 2.05) is 13.0 Å². The van der Waals surface area contributed by atoms with Crippen LogP contribution in [0.1, 0.15) is 18.9 Å². The highest BCUT2D eigenvalue weighted by Crippen LogP contribution is 2.31. The van der Waals surface area contributed by atoms with Gasteiger partial charge in [-0.25, -0.2) is 0 Å². The standard InChI is InChI=1S/C13H18N2O3/c1-9-8-14(7-6-13(9)16)11-4-3-5-12(10(11)2)15(17)18/h3-5,9,13,16H,6-8H2,1-2H3. The molecule has 1 aliphatic heterocycles. The van der Waals surface area contributed by atoms with E-state index in [1.54, 1.807) is 13.0 Å². The van der Waals surface area contributed by atoms with Crippen molar-refractivity contribution < 1.29 is 10.0 Å². The molecule has 0 radical (unpaired) electrons. The van der Waals surface area contributed by atoms with Crippen LogP contribution in [0.5, 0.6) is 0 Å². The molecule has 1 saturated heterocycles. The van der Waals surface area contributed by atoms with Gasteiger partial charge >= 0.3 is 0 Å². The van der Waals surface area contributed by atoms with Crippen molar-refractivity contribution in [3.8, 4) is 0 Å². The summed E-state index contributed by atoms with van der Waals surface area (Å²) in [4.78, 5) is 12.7. The zero-order valence-corrected chi connectivity index (χ0v) is 10.7. The third-order valence-electron chi connectivity index (χ3n) is 3.67. The Morgan fingerprint density at radius 1 is 1.50 bits per heavy atom. The van der Waals surface area contributed by atoms with Crippen molar-refractivity contribution in [2.75, 3.05) is 18.0 Å². The largest absolute Gasteiger partial charge is 0.393 e. The molecule has 1 N–H and O–H groups in total. The van der Waals surface area contributed by atoms with Gasteiger partial charge in [0.1, 0.15) is 0 Å². The van der Waals surface area contributed by atoms with E-state index in [0.717, 1.165) is 18.8 Å². The van der Waals surface area contributed by atoms with E-state index in [9.17, 15) is 15.2 Å². The van der Waals surface area contributed by atoms with Crippen LogP contribution in [0.25, 0.3) is 0 Å². The van der Waals surface area contributed by atoms with Gasteiger partial charge in [0.25, 0.3) is 5.69 Å². The van der Waals surface area contributed by atoms with Crippen molar-refractivity contribution >= 4 is 11.4 Å². The van der Waals surface area contributed by atoms with Crippen molar-refractivity contribution in [2.45, 2.75) is 26.4 Å². The van der Waals surface area contributed by atoms with Gasteiger partial charge in [0.15, 0.2) is 0 Å². The molecule has 2 rings (SSSR count). The molecule has 1 heterocycles. The summed E-state index contributed by atoms with van der Waals surface area (Å²) in [6.45, 7) is 5.27. The Labute approximate surface area is 106 Å². The van der Waals surface area contributed by atoms with E-state index in [4.69, 9.17) is 0 Å². The molecule has 5 nitrogen and oxygen atoms in total. The number of nitro benzene ring substituents is 1. The normalized spacial score (nSPS) is 24.1. The van der Waals surface area contributed by atoms with Crippen LogP contribution in [0.15, 0.2) is 18.2 Å². The van der Waals surface area contributed by atoms with Gasteiger partial charge in [-0.05, 0) is 25.3 Å². The van der Waals surface area contributed by atoms with Crippen LogP contribution in [-0.2, 0) is 0 Å². The van der Waals surface area contributed by atoms with Crippen molar-refractivity contribution in [3.05, 3.63) is 33.9 Å². The first-order valence-corrected chi connectivity index (χ1v) is 6.17. The number of hydrogen-bond acceptors (Lipinski definition) is 4. The maximum Gasteiger partial charge on any atom is 0.274 e. The fraction of sp³-hybridized carbons (Fsp3) is 0.538. The lowest BCUT2D eigenvalue weighted by Gasteiger charge is -2.36. The van der Waals surface area contributed by atoms with Gasteiger partial charge < -0.3 is 10.0 Å². The van der Waals surface area contributed by atoms with Crippen molar-refractivity contribution in [3.63, 3.8) is 0 Å². The van der Waals surface area contributed by atoms with E-state index < -0.39 is 0 Å². The van der Waals surface area contributed by atoms with Crippen LogP contribution in [0, 0.1) is 23.0 Å². The lowest BCUT2D eigenvalue weighted by atomic mass is 9.95. The predicted octanol–water partition coefficient (Wildman–Crippen LogP) is 2.11. The fourth-order valence-electron chi connectivity index (χ4n) is 2.50. The average molecular weight is 250 g/mol. The number of nitrogens with zero attached hydrogens (tertiary/aromatic N) is 2. The molecule has 2 atom stereocenters. The highest BCUT2D eigenvalue weighted by molar-refractivity contribution is 5.61. The topological polar surface area (TPSA) is 66.6 Å². The molecule has 1 aliphatic rings. The summed E-state index contributed by atoms with van der Waals surface area (Å²) in [7, 11) is 0. The van der Waals surface area contributed by atoms with Gasteiger partial charge in [0.2, 0.25) is 0 Å². The zero-order chi connectivity index (χ0) is 13.3. The Morgan fingerprint density at radius 3 is 2.83 bits per heavy atom. The van der Waals surface area contributed by atoms with E-state index in [-0.39, 0.29) is 22.6 Å². The maximum absolute atomic E-state index is 10.9. The molecule has 2 unspecified atom stereocenters.